The molecule has 0 aliphatic rings. The molecule has 134 valence electrons. The molecule has 0 radical (unpaired) electrons. The van der Waals surface area contributed by atoms with Gasteiger partial charge in [-0.2, -0.15) is 5.10 Å². The van der Waals surface area contributed by atoms with Crippen LogP contribution in [0.3, 0.4) is 0 Å². The Hall–Kier alpha value is -2.08. The number of hydrogen-bond acceptors (Lipinski definition) is 2. The van der Waals surface area contributed by atoms with E-state index < -0.39 is 0 Å². The van der Waals surface area contributed by atoms with Crippen LogP contribution in [0.2, 0.25) is 10.0 Å². The second-order valence-corrected chi connectivity index (χ2v) is 7.22. The average molecular weight is 405 g/mol. The molecule has 3 aromatic rings. The van der Waals surface area contributed by atoms with Crippen molar-refractivity contribution in [1.29, 1.82) is 0 Å². The van der Waals surface area contributed by atoms with Crippen molar-refractivity contribution in [2.45, 2.75) is 20.4 Å². The predicted octanol–water partition coefficient (Wildman–Crippen LogP) is 5.66. The highest BCUT2D eigenvalue weighted by Gasteiger charge is 2.05. The Kier molecular flexibility index (Phi) is 5.81. The third-order valence-electron chi connectivity index (χ3n) is 3.80. The van der Waals surface area contributed by atoms with Crippen LogP contribution >= 0.6 is 35.4 Å². The number of nitrogens with one attached hydrogen (secondary N) is 2. The molecule has 0 aliphatic heterocycles. The number of rotatable bonds is 4. The Morgan fingerprint density at radius 2 is 1.73 bits per heavy atom. The highest BCUT2D eigenvalue weighted by Crippen LogP contribution is 2.25. The van der Waals surface area contributed by atoms with Crippen LogP contribution in [0.4, 0.5) is 11.4 Å². The molecular formula is C19H18Cl2N4S. The van der Waals surface area contributed by atoms with Gasteiger partial charge in [-0.3, -0.25) is 4.68 Å². The minimum Gasteiger partial charge on any atom is -0.332 e. The van der Waals surface area contributed by atoms with Crippen molar-refractivity contribution in [2.24, 2.45) is 0 Å². The number of thiocarbonyl (C=S) groups is 1. The van der Waals surface area contributed by atoms with Crippen molar-refractivity contribution in [3.8, 4) is 0 Å². The molecule has 0 saturated heterocycles. The van der Waals surface area contributed by atoms with E-state index in [1.54, 1.807) is 12.1 Å². The molecule has 0 fully saturated rings. The van der Waals surface area contributed by atoms with Crippen molar-refractivity contribution in [2.75, 3.05) is 10.6 Å². The fourth-order valence-corrected chi connectivity index (χ4v) is 3.16. The maximum Gasteiger partial charge on any atom is 0.175 e. The Morgan fingerprint density at radius 3 is 2.38 bits per heavy atom. The molecule has 4 nitrogen and oxygen atoms in total. The van der Waals surface area contributed by atoms with Crippen LogP contribution in [0.25, 0.3) is 0 Å². The summed E-state index contributed by atoms with van der Waals surface area (Å²) in [7, 11) is 0. The van der Waals surface area contributed by atoms with E-state index in [1.165, 1.54) is 0 Å². The van der Waals surface area contributed by atoms with Gasteiger partial charge in [0, 0.05) is 17.1 Å². The summed E-state index contributed by atoms with van der Waals surface area (Å²) in [6.07, 6.45) is 0. The molecule has 2 aromatic carbocycles. The number of nitrogens with zero attached hydrogens (tertiary/aromatic N) is 2. The fourth-order valence-electron chi connectivity index (χ4n) is 2.62. The predicted molar refractivity (Wildman–Crippen MR) is 114 cm³/mol. The van der Waals surface area contributed by atoms with Gasteiger partial charge in [-0.05, 0) is 68.0 Å². The number of aryl methyl sites for hydroxylation is 2. The number of halogens is 2. The second kappa shape index (κ2) is 8.08. The average Bonchev–Trinajstić information content (AvgIpc) is 2.88. The van der Waals surface area contributed by atoms with Crippen LogP contribution in [-0.2, 0) is 6.54 Å². The summed E-state index contributed by atoms with van der Waals surface area (Å²) < 4.78 is 1.99. The minimum absolute atomic E-state index is 0.478. The Morgan fingerprint density at radius 1 is 1.00 bits per heavy atom. The summed E-state index contributed by atoms with van der Waals surface area (Å²) >= 11 is 17.3. The molecule has 0 aliphatic carbocycles. The lowest BCUT2D eigenvalue weighted by atomic mass is 10.2. The lowest BCUT2D eigenvalue weighted by Gasteiger charge is -2.12. The number of hydrogen-bond donors (Lipinski definition) is 2. The van der Waals surface area contributed by atoms with Crippen LogP contribution in [-0.4, -0.2) is 14.9 Å². The van der Waals surface area contributed by atoms with E-state index in [0.717, 1.165) is 28.3 Å². The monoisotopic (exact) mass is 404 g/mol. The van der Waals surface area contributed by atoms with Gasteiger partial charge in [-0.1, -0.05) is 35.3 Å². The summed E-state index contributed by atoms with van der Waals surface area (Å²) in [5.41, 5.74) is 4.97. The zero-order valence-corrected chi connectivity index (χ0v) is 16.7. The van der Waals surface area contributed by atoms with Gasteiger partial charge in [-0.15, -0.1) is 0 Å². The molecular weight excluding hydrogens is 387 g/mol. The first-order valence-electron chi connectivity index (χ1n) is 8.04. The van der Waals surface area contributed by atoms with Gasteiger partial charge in [-0.25, -0.2) is 0 Å². The van der Waals surface area contributed by atoms with Crippen LogP contribution in [0.1, 0.15) is 17.0 Å². The van der Waals surface area contributed by atoms with E-state index in [4.69, 9.17) is 35.4 Å². The van der Waals surface area contributed by atoms with Crippen LogP contribution in [0.15, 0.2) is 48.5 Å². The standard InChI is InChI=1S/C19H18Cl2N4S/c1-12-8-13(2)25(24-12)11-14-4-3-5-15(9-14)22-19(26)23-16-6-7-17(20)18(21)10-16/h3-10H,11H2,1-2H3,(H2,22,23,26). The number of benzene rings is 2. The van der Waals surface area contributed by atoms with Crippen LogP contribution in [0.5, 0.6) is 0 Å². The molecule has 0 unspecified atom stereocenters. The quantitative estimate of drug-likeness (QED) is 0.550. The number of aromatic nitrogens is 2. The summed E-state index contributed by atoms with van der Waals surface area (Å²) in [5, 5.41) is 12.3. The van der Waals surface area contributed by atoms with Gasteiger partial charge in [0.05, 0.1) is 22.3 Å². The van der Waals surface area contributed by atoms with E-state index in [1.807, 2.05) is 29.8 Å². The highest BCUT2D eigenvalue weighted by atomic mass is 35.5. The van der Waals surface area contributed by atoms with E-state index in [2.05, 4.69) is 40.9 Å². The lowest BCUT2D eigenvalue weighted by Crippen LogP contribution is -2.19. The molecule has 3 rings (SSSR count). The van der Waals surface area contributed by atoms with E-state index in [0.29, 0.717) is 21.7 Å². The minimum atomic E-state index is 0.478. The SMILES string of the molecule is Cc1cc(C)n(Cc2cccc(NC(=S)Nc3ccc(Cl)c(Cl)c3)c2)n1. The summed E-state index contributed by atoms with van der Waals surface area (Å²) in [4.78, 5) is 0. The van der Waals surface area contributed by atoms with Gasteiger partial charge in [0.1, 0.15) is 0 Å². The second-order valence-electron chi connectivity index (χ2n) is 5.99. The maximum atomic E-state index is 6.03. The topological polar surface area (TPSA) is 41.9 Å². The zero-order valence-electron chi connectivity index (χ0n) is 14.4. The maximum absolute atomic E-state index is 6.03. The molecule has 2 N–H and O–H groups in total. The molecule has 0 atom stereocenters. The van der Waals surface area contributed by atoms with Crippen molar-refractivity contribution >= 4 is 51.9 Å². The molecule has 1 aromatic heterocycles. The Balaban J connectivity index is 1.67. The van der Waals surface area contributed by atoms with Gasteiger partial charge in [0.2, 0.25) is 0 Å². The molecule has 7 heteroatoms. The van der Waals surface area contributed by atoms with Crippen LogP contribution < -0.4 is 10.6 Å². The van der Waals surface area contributed by atoms with E-state index in [-0.39, 0.29) is 0 Å². The van der Waals surface area contributed by atoms with Gasteiger partial charge in [0.15, 0.2) is 5.11 Å². The Bertz CT molecular complexity index is 952. The zero-order chi connectivity index (χ0) is 18.7. The van der Waals surface area contributed by atoms with Crippen molar-refractivity contribution in [3.05, 3.63) is 75.5 Å². The normalized spacial score (nSPS) is 10.6. The summed E-state index contributed by atoms with van der Waals surface area (Å²) in [6, 6.07) is 15.4. The molecule has 0 amide bonds. The van der Waals surface area contributed by atoms with E-state index >= 15 is 0 Å². The molecule has 1 heterocycles. The Labute approximate surface area is 168 Å². The fraction of sp³-hybridized carbons (Fsp3) is 0.158. The third kappa shape index (κ3) is 4.75. The van der Waals surface area contributed by atoms with Crippen molar-refractivity contribution in [1.82, 2.24) is 9.78 Å². The number of anilines is 2. The summed E-state index contributed by atoms with van der Waals surface area (Å²) in [5.74, 6) is 0. The molecule has 0 spiro atoms. The van der Waals surface area contributed by atoms with Gasteiger partial charge < -0.3 is 10.6 Å². The lowest BCUT2D eigenvalue weighted by molar-refractivity contribution is 0.659. The molecule has 26 heavy (non-hydrogen) atoms. The third-order valence-corrected chi connectivity index (χ3v) is 4.74. The van der Waals surface area contributed by atoms with Crippen LogP contribution in [0, 0.1) is 13.8 Å². The molecule has 0 bridgehead atoms. The van der Waals surface area contributed by atoms with Crippen molar-refractivity contribution in [3.63, 3.8) is 0 Å². The summed E-state index contributed by atoms with van der Waals surface area (Å²) in [6.45, 7) is 4.76. The van der Waals surface area contributed by atoms with E-state index in [9.17, 15) is 0 Å². The molecule has 0 saturated carbocycles. The van der Waals surface area contributed by atoms with Crippen molar-refractivity contribution < 1.29 is 0 Å². The smallest absolute Gasteiger partial charge is 0.175 e. The first-order chi connectivity index (χ1) is 12.4. The first kappa shape index (κ1) is 18.7. The first-order valence-corrected chi connectivity index (χ1v) is 9.20. The van der Waals surface area contributed by atoms with Gasteiger partial charge >= 0.3 is 0 Å². The van der Waals surface area contributed by atoms with Gasteiger partial charge in [0.25, 0.3) is 0 Å². The highest BCUT2D eigenvalue weighted by molar-refractivity contribution is 7.80. The largest absolute Gasteiger partial charge is 0.332 e.